The number of nitrogens with one attached hydrogen (secondary N) is 2. The maximum atomic E-state index is 12.3. The summed E-state index contributed by atoms with van der Waals surface area (Å²) in [6.45, 7) is 1.09. The van der Waals surface area contributed by atoms with Gasteiger partial charge in [0.05, 0.1) is 18.7 Å². The number of hydrogen-bond donors (Lipinski definition) is 2. The second kappa shape index (κ2) is 7.82. The molecule has 0 heterocycles. The van der Waals surface area contributed by atoms with Crippen molar-refractivity contribution in [3.8, 4) is 11.5 Å². The van der Waals surface area contributed by atoms with Crippen LogP contribution in [0.4, 0.5) is 0 Å². The van der Waals surface area contributed by atoms with Crippen LogP contribution in [0.2, 0.25) is 0 Å². The molecule has 0 unspecified atom stereocenters. The fraction of sp³-hybridized carbons (Fsp3) is 0.500. The van der Waals surface area contributed by atoms with Gasteiger partial charge in [0.1, 0.15) is 16.4 Å². The molecule has 0 bridgehead atoms. The van der Waals surface area contributed by atoms with E-state index in [0.29, 0.717) is 23.2 Å². The Kier molecular flexibility index (Phi) is 6.74. The van der Waals surface area contributed by atoms with E-state index in [1.165, 1.54) is 20.3 Å². The lowest BCUT2D eigenvalue weighted by Crippen LogP contribution is -2.27. The van der Waals surface area contributed by atoms with E-state index in [2.05, 4.69) is 26.0 Å². The molecule has 114 valence electrons. The molecular weight excluding hydrogens is 348 g/mol. The average molecular weight is 367 g/mol. The van der Waals surface area contributed by atoms with Crippen molar-refractivity contribution in [1.82, 2.24) is 10.0 Å². The fourth-order valence-corrected chi connectivity index (χ4v) is 3.31. The van der Waals surface area contributed by atoms with Crippen molar-refractivity contribution in [3.63, 3.8) is 0 Å². The molecule has 0 aliphatic heterocycles. The molecule has 0 aromatic heterocycles. The van der Waals surface area contributed by atoms with Crippen LogP contribution >= 0.6 is 15.9 Å². The molecule has 0 amide bonds. The van der Waals surface area contributed by atoms with Crippen LogP contribution < -0.4 is 19.5 Å². The number of hydrogen-bond acceptors (Lipinski definition) is 5. The van der Waals surface area contributed by atoms with Crippen LogP contribution in [-0.2, 0) is 10.0 Å². The topological polar surface area (TPSA) is 76.7 Å². The third kappa shape index (κ3) is 4.34. The average Bonchev–Trinajstić information content (AvgIpc) is 2.43. The summed E-state index contributed by atoms with van der Waals surface area (Å²) in [5.41, 5.74) is 0. The molecule has 1 rings (SSSR count). The van der Waals surface area contributed by atoms with Gasteiger partial charge in [-0.15, -0.1) is 0 Å². The van der Waals surface area contributed by atoms with Crippen molar-refractivity contribution in [3.05, 3.63) is 16.6 Å². The Morgan fingerprint density at radius 2 is 1.80 bits per heavy atom. The van der Waals surface area contributed by atoms with Crippen LogP contribution in [0.3, 0.4) is 0 Å². The summed E-state index contributed by atoms with van der Waals surface area (Å²) in [7, 11) is 1.08. The van der Waals surface area contributed by atoms with Gasteiger partial charge in [0.25, 0.3) is 0 Å². The lowest BCUT2D eigenvalue weighted by Gasteiger charge is -2.13. The smallest absolute Gasteiger partial charge is 0.244 e. The van der Waals surface area contributed by atoms with Crippen molar-refractivity contribution in [2.75, 3.05) is 34.4 Å². The predicted octanol–water partition coefficient (Wildman–Crippen LogP) is 1.35. The summed E-state index contributed by atoms with van der Waals surface area (Å²) >= 11 is 3.29. The molecule has 1 aromatic rings. The third-order valence-corrected chi connectivity index (χ3v) is 4.73. The Balaban J connectivity index is 3.03. The lowest BCUT2D eigenvalue weighted by molar-refractivity contribution is 0.390. The van der Waals surface area contributed by atoms with Crippen LogP contribution in [0.15, 0.2) is 21.5 Å². The van der Waals surface area contributed by atoms with Gasteiger partial charge >= 0.3 is 0 Å². The SMILES string of the molecule is CNCCCNS(=O)(=O)c1cc(OC)c(Br)cc1OC. The molecule has 2 N–H and O–H groups in total. The van der Waals surface area contributed by atoms with Crippen molar-refractivity contribution < 1.29 is 17.9 Å². The highest BCUT2D eigenvalue weighted by Crippen LogP contribution is 2.35. The number of rotatable bonds is 8. The van der Waals surface area contributed by atoms with Crippen molar-refractivity contribution in [2.45, 2.75) is 11.3 Å². The van der Waals surface area contributed by atoms with E-state index < -0.39 is 10.0 Å². The monoisotopic (exact) mass is 366 g/mol. The fourth-order valence-electron chi connectivity index (χ4n) is 1.59. The van der Waals surface area contributed by atoms with Crippen molar-refractivity contribution >= 4 is 26.0 Å². The zero-order valence-corrected chi connectivity index (χ0v) is 14.1. The molecule has 6 nitrogen and oxygen atoms in total. The van der Waals surface area contributed by atoms with Gasteiger partial charge in [0.15, 0.2) is 0 Å². The van der Waals surface area contributed by atoms with Gasteiger partial charge in [-0.25, -0.2) is 13.1 Å². The molecule has 0 atom stereocenters. The Bertz CT molecular complexity index is 549. The maximum absolute atomic E-state index is 12.3. The minimum absolute atomic E-state index is 0.0597. The summed E-state index contributed by atoms with van der Waals surface area (Å²) in [5, 5.41) is 2.96. The third-order valence-electron chi connectivity index (χ3n) is 2.62. The Hall–Kier alpha value is -0.830. The van der Waals surface area contributed by atoms with Gasteiger partial charge in [-0.2, -0.15) is 0 Å². The highest BCUT2D eigenvalue weighted by molar-refractivity contribution is 9.10. The first-order chi connectivity index (χ1) is 9.46. The van der Waals surface area contributed by atoms with Gasteiger partial charge in [-0.1, -0.05) is 0 Å². The van der Waals surface area contributed by atoms with E-state index in [1.54, 1.807) is 6.07 Å². The van der Waals surface area contributed by atoms with Crippen molar-refractivity contribution in [2.24, 2.45) is 0 Å². The van der Waals surface area contributed by atoms with Gasteiger partial charge in [0, 0.05) is 12.6 Å². The standard InChI is InChI=1S/C12H19BrN2O4S/c1-14-5-4-6-15-20(16,17)12-8-10(18-2)9(13)7-11(12)19-3/h7-8,14-15H,4-6H2,1-3H3. The summed E-state index contributed by atoms with van der Waals surface area (Å²) in [4.78, 5) is 0.0597. The molecular formula is C12H19BrN2O4S. The first-order valence-electron chi connectivity index (χ1n) is 6.02. The molecule has 0 radical (unpaired) electrons. The molecule has 0 saturated heterocycles. The first-order valence-corrected chi connectivity index (χ1v) is 8.29. The second-order valence-electron chi connectivity index (χ2n) is 3.99. The van der Waals surface area contributed by atoms with E-state index in [-0.39, 0.29) is 10.6 Å². The van der Waals surface area contributed by atoms with Crippen molar-refractivity contribution in [1.29, 1.82) is 0 Å². The van der Waals surface area contributed by atoms with Crippen LogP contribution in [0, 0.1) is 0 Å². The van der Waals surface area contributed by atoms with E-state index in [4.69, 9.17) is 9.47 Å². The van der Waals surface area contributed by atoms with Crippen LogP contribution in [0.1, 0.15) is 6.42 Å². The molecule has 20 heavy (non-hydrogen) atoms. The first kappa shape index (κ1) is 17.2. The number of ether oxygens (including phenoxy) is 2. The highest BCUT2D eigenvalue weighted by atomic mass is 79.9. The molecule has 0 aliphatic carbocycles. The summed E-state index contributed by atoms with van der Waals surface area (Å²) < 4.78 is 38.0. The highest BCUT2D eigenvalue weighted by Gasteiger charge is 2.21. The van der Waals surface area contributed by atoms with E-state index in [9.17, 15) is 8.42 Å². The second-order valence-corrected chi connectivity index (χ2v) is 6.58. The Labute approximate surface area is 128 Å². The minimum atomic E-state index is -3.64. The van der Waals surface area contributed by atoms with E-state index in [0.717, 1.165) is 6.54 Å². The van der Waals surface area contributed by atoms with Crippen LogP contribution in [-0.4, -0.2) is 42.8 Å². The zero-order chi connectivity index (χ0) is 15.2. The van der Waals surface area contributed by atoms with Gasteiger partial charge in [-0.3, -0.25) is 0 Å². The molecule has 8 heteroatoms. The summed E-state index contributed by atoms with van der Waals surface area (Å²) in [5.74, 6) is 0.695. The van der Waals surface area contributed by atoms with Crippen LogP contribution in [0.25, 0.3) is 0 Å². The normalized spacial score (nSPS) is 11.4. The zero-order valence-electron chi connectivity index (χ0n) is 11.7. The van der Waals surface area contributed by atoms with E-state index >= 15 is 0 Å². The van der Waals surface area contributed by atoms with Gasteiger partial charge in [-0.05, 0) is 42.0 Å². The number of halogens is 1. The minimum Gasteiger partial charge on any atom is -0.496 e. The number of sulfonamides is 1. The summed E-state index contributed by atoms with van der Waals surface area (Å²) in [6.07, 6.45) is 0.700. The molecule has 0 saturated carbocycles. The van der Waals surface area contributed by atoms with E-state index in [1.807, 2.05) is 7.05 Å². The maximum Gasteiger partial charge on any atom is 0.244 e. The summed E-state index contributed by atoms with van der Waals surface area (Å²) in [6, 6.07) is 3.00. The number of methoxy groups -OCH3 is 2. The Morgan fingerprint density at radius 3 is 2.35 bits per heavy atom. The van der Waals surface area contributed by atoms with Gasteiger partial charge < -0.3 is 14.8 Å². The predicted molar refractivity (Wildman–Crippen MR) is 81.0 cm³/mol. The quantitative estimate of drug-likeness (QED) is 0.679. The molecule has 0 fully saturated rings. The van der Waals surface area contributed by atoms with Gasteiger partial charge in [0.2, 0.25) is 10.0 Å². The Morgan fingerprint density at radius 1 is 1.15 bits per heavy atom. The molecule has 0 spiro atoms. The number of benzene rings is 1. The molecule has 0 aliphatic rings. The molecule has 1 aromatic carbocycles. The van der Waals surface area contributed by atoms with Crippen LogP contribution in [0.5, 0.6) is 11.5 Å². The largest absolute Gasteiger partial charge is 0.496 e. The lowest BCUT2D eigenvalue weighted by atomic mass is 10.3.